The summed E-state index contributed by atoms with van der Waals surface area (Å²) in [5.74, 6) is -1.44. The van der Waals surface area contributed by atoms with Gasteiger partial charge in [0.15, 0.2) is 5.16 Å². The molecule has 1 atom stereocenters. The number of fused-ring (bicyclic) bond motifs is 1. The minimum Gasteiger partial charge on any atom is -0.325 e. The molecule has 11 heteroatoms. The van der Waals surface area contributed by atoms with E-state index in [1.165, 1.54) is 22.0 Å². The summed E-state index contributed by atoms with van der Waals surface area (Å²) in [6.45, 7) is 1.61. The van der Waals surface area contributed by atoms with Crippen LogP contribution in [0.4, 0.5) is 15.8 Å². The van der Waals surface area contributed by atoms with E-state index < -0.39 is 27.6 Å². The van der Waals surface area contributed by atoms with Crippen LogP contribution in [-0.4, -0.2) is 25.6 Å². The summed E-state index contributed by atoms with van der Waals surface area (Å²) in [5.41, 5.74) is -0.248. The number of hydrogen-bond acceptors (Lipinski definition) is 7. The summed E-state index contributed by atoms with van der Waals surface area (Å²) in [7, 11) is 1.57. The fourth-order valence-electron chi connectivity index (χ4n) is 2.26. The smallest absolute Gasteiger partial charge is 0.306 e. The van der Waals surface area contributed by atoms with Gasteiger partial charge in [0.05, 0.1) is 15.7 Å². The van der Waals surface area contributed by atoms with Crippen LogP contribution in [0.3, 0.4) is 0 Å². The van der Waals surface area contributed by atoms with Gasteiger partial charge in [0.2, 0.25) is 11.7 Å². The van der Waals surface area contributed by atoms with Crippen molar-refractivity contribution < 1.29 is 14.1 Å². The first kappa shape index (κ1) is 19.0. The van der Waals surface area contributed by atoms with E-state index >= 15 is 0 Å². The van der Waals surface area contributed by atoms with Crippen molar-refractivity contribution in [2.75, 3.05) is 5.32 Å². The lowest BCUT2D eigenvalue weighted by Crippen LogP contribution is -2.25. The molecule has 1 aromatic carbocycles. The van der Waals surface area contributed by atoms with Crippen LogP contribution < -0.4 is 10.9 Å². The van der Waals surface area contributed by atoms with Crippen LogP contribution in [0.25, 0.3) is 10.2 Å². The molecule has 0 bridgehead atoms. The molecule has 0 saturated carbocycles. The number of nitrogens with one attached hydrogen (secondary N) is 1. The van der Waals surface area contributed by atoms with Crippen LogP contribution in [0.1, 0.15) is 6.92 Å². The van der Waals surface area contributed by atoms with Gasteiger partial charge in [-0.05, 0) is 30.5 Å². The summed E-state index contributed by atoms with van der Waals surface area (Å²) in [4.78, 5) is 39.0. The van der Waals surface area contributed by atoms with E-state index in [0.29, 0.717) is 15.4 Å². The molecule has 1 unspecified atom stereocenters. The number of halogens is 1. The Morgan fingerprint density at radius 3 is 2.89 bits per heavy atom. The molecule has 0 aliphatic rings. The number of nitrogens with zero attached hydrogens (tertiary/aromatic N) is 3. The summed E-state index contributed by atoms with van der Waals surface area (Å²) in [6.07, 6.45) is 0. The first-order chi connectivity index (χ1) is 12.8. The molecular formula is C16H13FN4O4S2. The minimum absolute atomic E-state index is 0.107. The van der Waals surface area contributed by atoms with Gasteiger partial charge in [0, 0.05) is 18.8 Å². The van der Waals surface area contributed by atoms with E-state index in [9.17, 15) is 24.1 Å². The number of nitro groups is 1. The molecule has 0 aliphatic heterocycles. The molecule has 140 valence electrons. The van der Waals surface area contributed by atoms with E-state index in [4.69, 9.17) is 0 Å². The van der Waals surface area contributed by atoms with Gasteiger partial charge in [0.25, 0.3) is 5.56 Å². The van der Waals surface area contributed by atoms with Crippen LogP contribution in [-0.2, 0) is 11.8 Å². The maximum absolute atomic E-state index is 13.4. The Morgan fingerprint density at radius 1 is 1.44 bits per heavy atom. The van der Waals surface area contributed by atoms with Crippen LogP contribution in [0.2, 0.25) is 0 Å². The highest BCUT2D eigenvalue weighted by Gasteiger charge is 2.20. The normalized spacial score (nSPS) is 12.1. The second-order valence-corrected chi connectivity index (χ2v) is 7.79. The Balaban J connectivity index is 1.79. The van der Waals surface area contributed by atoms with Gasteiger partial charge in [-0.1, -0.05) is 11.8 Å². The van der Waals surface area contributed by atoms with Crippen molar-refractivity contribution >= 4 is 50.6 Å². The standard InChI is InChI=1S/C16H13FN4O4S2/c1-8(14(22)18-9-3-4-10(17)12(7-9)21(24)25)27-16-19-11-5-6-26-13(11)15(23)20(16)2/h3-8H,1-2H3,(H,18,22). The number of thiophene rings is 1. The highest BCUT2D eigenvalue weighted by Crippen LogP contribution is 2.26. The Morgan fingerprint density at radius 2 is 2.19 bits per heavy atom. The summed E-state index contributed by atoms with van der Waals surface area (Å²) < 4.78 is 15.3. The van der Waals surface area contributed by atoms with Gasteiger partial charge in [-0.2, -0.15) is 4.39 Å². The van der Waals surface area contributed by atoms with Gasteiger partial charge in [-0.3, -0.25) is 24.3 Å². The molecule has 2 aromatic heterocycles. The molecule has 3 aromatic rings. The predicted octanol–water partition coefficient (Wildman–Crippen LogP) is 3.16. The molecule has 0 aliphatic carbocycles. The quantitative estimate of drug-likeness (QED) is 0.301. The third-order valence-corrected chi connectivity index (χ3v) is 5.74. The van der Waals surface area contributed by atoms with Crippen LogP contribution in [0.5, 0.6) is 0 Å². The van der Waals surface area contributed by atoms with E-state index in [0.717, 1.165) is 23.9 Å². The Labute approximate surface area is 160 Å². The van der Waals surface area contributed by atoms with Crippen LogP contribution >= 0.6 is 23.1 Å². The van der Waals surface area contributed by atoms with Gasteiger partial charge in [0.1, 0.15) is 4.70 Å². The number of amides is 1. The summed E-state index contributed by atoms with van der Waals surface area (Å²) in [5, 5.41) is 14.8. The zero-order chi connectivity index (χ0) is 19.7. The number of thioether (sulfide) groups is 1. The van der Waals surface area contributed by atoms with E-state index in [1.807, 2.05) is 0 Å². The molecule has 2 heterocycles. The molecule has 1 N–H and O–H groups in total. The number of rotatable bonds is 5. The Bertz CT molecular complexity index is 1110. The highest BCUT2D eigenvalue weighted by atomic mass is 32.2. The van der Waals surface area contributed by atoms with E-state index in [2.05, 4.69) is 10.3 Å². The Kier molecular flexibility index (Phi) is 5.24. The van der Waals surface area contributed by atoms with Crippen molar-refractivity contribution in [2.45, 2.75) is 17.3 Å². The number of carbonyl (C=O) groups excluding carboxylic acids is 1. The molecule has 0 spiro atoms. The Hall–Kier alpha value is -2.79. The van der Waals surface area contributed by atoms with Crippen molar-refractivity contribution in [3.63, 3.8) is 0 Å². The van der Waals surface area contributed by atoms with Crippen LogP contribution in [0, 0.1) is 15.9 Å². The third-order valence-electron chi connectivity index (χ3n) is 3.71. The predicted molar refractivity (Wildman–Crippen MR) is 102 cm³/mol. The number of anilines is 1. The monoisotopic (exact) mass is 408 g/mol. The number of aromatic nitrogens is 2. The lowest BCUT2D eigenvalue weighted by Gasteiger charge is -2.13. The third kappa shape index (κ3) is 3.83. The fourth-order valence-corrected chi connectivity index (χ4v) is 3.94. The lowest BCUT2D eigenvalue weighted by molar-refractivity contribution is -0.387. The first-order valence-electron chi connectivity index (χ1n) is 7.63. The second-order valence-electron chi connectivity index (χ2n) is 5.57. The van der Waals surface area contributed by atoms with Crippen molar-refractivity contribution in [2.24, 2.45) is 7.05 Å². The molecule has 0 radical (unpaired) electrons. The van der Waals surface area contributed by atoms with Crippen molar-refractivity contribution in [1.29, 1.82) is 0 Å². The molecule has 3 rings (SSSR count). The molecule has 27 heavy (non-hydrogen) atoms. The average Bonchev–Trinajstić information content (AvgIpc) is 3.09. The second kappa shape index (κ2) is 7.45. The molecule has 1 amide bonds. The van der Waals surface area contributed by atoms with Crippen LogP contribution in [0.15, 0.2) is 39.6 Å². The SMILES string of the molecule is CC(Sc1nc2ccsc2c(=O)n1C)C(=O)Nc1ccc(F)c([N+](=O)[O-])c1. The first-order valence-corrected chi connectivity index (χ1v) is 9.39. The molecule has 0 saturated heterocycles. The lowest BCUT2D eigenvalue weighted by atomic mass is 10.2. The molecule has 8 nitrogen and oxygen atoms in total. The molecular weight excluding hydrogens is 395 g/mol. The number of hydrogen-bond donors (Lipinski definition) is 1. The zero-order valence-electron chi connectivity index (χ0n) is 14.1. The maximum atomic E-state index is 13.4. The minimum atomic E-state index is -0.983. The molecule has 0 fully saturated rings. The average molecular weight is 408 g/mol. The number of nitro benzene ring substituents is 1. The van der Waals surface area contributed by atoms with Crippen molar-refractivity contribution in [1.82, 2.24) is 9.55 Å². The summed E-state index contributed by atoms with van der Waals surface area (Å²) in [6, 6.07) is 4.84. The zero-order valence-corrected chi connectivity index (χ0v) is 15.8. The topological polar surface area (TPSA) is 107 Å². The van der Waals surface area contributed by atoms with Crippen molar-refractivity contribution in [3.05, 3.63) is 55.9 Å². The van der Waals surface area contributed by atoms with Gasteiger partial charge in [-0.25, -0.2) is 4.98 Å². The largest absolute Gasteiger partial charge is 0.325 e. The fraction of sp³-hybridized carbons (Fsp3) is 0.188. The van der Waals surface area contributed by atoms with Gasteiger partial charge < -0.3 is 5.32 Å². The van der Waals surface area contributed by atoms with Gasteiger partial charge >= 0.3 is 5.69 Å². The number of benzene rings is 1. The van der Waals surface area contributed by atoms with E-state index in [-0.39, 0.29) is 11.2 Å². The van der Waals surface area contributed by atoms with E-state index in [1.54, 1.807) is 25.4 Å². The summed E-state index contributed by atoms with van der Waals surface area (Å²) >= 11 is 2.38. The highest BCUT2D eigenvalue weighted by molar-refractivity contribution is 8.00. The maximum Gasteiger partial charge on any atom is 0.306 e. The van der Waals surface area contributed by atoms with Crippen molar-refractivity contribution in [3.8, 4) is 0 Å². The number of carbonyl (C=O) groups is 1. The van der Waals surface area contributed by atoms with Gasteiger partial charge in [-0.15, -0.1) is 11.3 Å².